The molecule has 0 aliphatic carbocycles. The molecule has 2 aromatic rings. The van der Waals surface area contributed by atoms with Crippen LogP contribution in [0.2, 0.25) is 0 Å². The summed E-state index contributed by atoms with van der Waals surface area (Å²) in [5.74, 6) is 1.19. The number of carbonyl (C=O) groups is 2. The van der Waals surface area contributed by atoms with E-state index in [0.29, 0.717) is 25.3 Å². The van der Waals surface area contributed by atoms with Gasteiger partial charge in [0.25, 0.3) is 0 Å². The predicted octanol–water partition coefficient (Wildman–Crippen LogP) is 1.29. The van der Waals surface area contributed by atoms with Gasteiger partial charge in [0.1, 0.15) is 11.6 Å². The second kappa shape index (κ2) is 9.18. The second-order valence-corrected chi connectivity index (χ2v) is 6.24. The molecule has 0 spiro atoms. The topological polar surface area (TPSA) is 87.9 Å². The summed E-state index contributed by atoms with van der Waals surface area (Å²) in [4.78, 5) is 32.4. The number of piperazine rings is 1. The van der Waals surface area contributed by atoms with E-state index < -0.39 is 0 Å². The Labute approximate surface area is 158 Å². The monoisotopic (exact) mass is 372 g/mol. The summed E-state index contributed by atoms with van der Waals surface area (Å²) in [6, 6.07) is 7.19. The van der Waals surface area contributed by atoms with E-state index >= 15 is 0 Å². The Morgan fingerprint density at radius 1 is 1.22 bits per heavy atom. The first-order chi connectivity index (χ1) is 13.2. The standard InChI is InChI=1S/C19H24N4O4/c1-2-26-19(25)15-5-6-17(20-12-15)23-9-7-22(8-10-23)14-18(24)21-13-16-4-3-11-27-16/h3-6,11-12H,2,7-10,13-14H2,1H3,(H,21,24). The van der Waals surface area contributed by atoms with E-state index in [1.54, 1.807) is 31.5 Å². The predicted molar refractivity (Wildman–Crippen MR) is 99.4 cm³/mol. The number of furan rings is 1. The van der Waals surface area contributed by atoms with Gasteiger partial charge >= 0.3 is 5.97 Å². The van der Waals surface area contributed by atoms with Crippen LogP contribution in [0.3, 0.4) is 0 Å². The molecule has 1 amide bonds. The van der Waals surface area contributed by atoms with Gasteiger partial charge in [0, 0.05) is 32.4 Å². The fraction of sp³-hybridized carbons (Fsp3) is 0.421. The van der Waals surface area contributed by atoms with Gasteiger partial charge in [-0.2, -0.15) is 0 Å². The molecule has 8 heteroatoms. The summed E-state index contributed by atoms with van der Waals surface area (Å²) in [7, 11) is 0. The molecule has 2 aromatic heterocycles. The van der Waals surface area contributed by atoms with Crippen molar-refractivity contribution in [3.05, 3.63) is 48.0 Å². The van der Waals surface area contributed by atoms with Crippen molar-refractivity contribution in [3.63, 3.8) is 0 Å². The summed E-state index contributed by atoms with van der Waals surface area (Å²) >= 11 is 0. The van der Waals surface area contributed by atoms with E-state index in [1.807, 2.05) is 12.1 Å². The number of ether oxygens (including phenoxy) is 1. The molecular weight excluding hydrogens is 348 g/mol. The van der Waals surface area contributed by atoms with Crippen molar-refractivity contribution in [3.8, 4) is 0 Å². The molecule has 3 rings (SSSR count). The van der Waals surface area contributed by atoms with Gasteiger partial charge in [-0.3, -0.25) is 9.69 Å². The molecule has 0 atom stereocenters. The number of nitrogens with one attached hydrogen (secondary N) is 1. The maximum atomic E-state index is 12.0. The summed E-state index contributed by atoms with van der Waals surface area (Å²) in [6.45, 7) is 5.99. The third-order valence-electron chi connectivity index (χ3n) is 4.36. The zero-order chi connectivity index (χ0) is 19.1. The number of aromatic nitrogens is 1. The van der Waals surface area contributed by atoms with E-state index in [0.717, 1.165) is 37.8 Å². The molecule has 0 unspecified atom stereocenters. The third-order valence-corrected chi connectivity index (χ3v) is 4.36. The van der Waals surface area contributed by atoms with Crippen LogP contribution in [0.4, 0.5) is 5.82 Å². The van der Waals surface area contributed by atoms with Crippen LogP contribution in [0.1, 0.15) is 23.0 Å². The summed E-state index contributed by atoms with van der Waals surface area (Å²) < 4.78 is 10.2. The van der Waals surface area contributed by atoms with E-state index in [2.05, 4.69) is 20.1 Å². The lowest BCUT2D eigenvalue weighted by molar-refractivity contribution is -0.122. The summed E-state index contributed by atoms with van der Waals surface area (Å²) in [5, 5.41) is 2.86. The molecule has 3 heterocycles. The quantitative estimate of drug-likeness (QED) is 0.733. The van der Waals surface area contributed by atoms with Crippen LogP contribution in [0.5, 0.6) is 0 Å². The molecule has 1 aliphatic heterocycles. The van der Waals surface area contributed by atoms with Crippen molar-refractivity contribution in [1.29, 1.82) is 0 Å². The molecule has 0 bridgehead atoms. The smallest absolute Gasteiger partial charge is 0.339 e. The van der Waals surface area contributed by atoms with Crippen molar-refractivity contribution >= 4 is 17.7 Å². The zero-order valence-electron chi connectivity index (χ0n) is 15.4. The first-order valence-electron chi connectivity index (χ1n) is 9.05. The lowest BCUT2D eigenvalue weighted by atomic mass is 10.2. The normalized spacial score (nSPS) is 14.8. The van der Waals surface area contributed by atoms with Crippen LogP contribution in [0, 0.1) is 0 Å². The van der Waals surface area contributed by atoms with Crippen molar-refractivity contribution in [1.82, 2.24) is 15.2 Å². The molecule has 144 valence electrons. The molecular formula is C19H24N4O4. The van der Waals surface area contributed by atoms with Gasteiger partial charge in [0.2, 0.25) is 5.91 Å². The van der Waals surface area contributed by atoms with Gasteiger partial charge in [-0.1, -0.05) is 0 Å². The van der Waals surface area contributed by atoms with Crippen LogP contribution in [-0.2, 0) is 16.1 Å². The molecule has 27 heavy (non-hydrogen) atoms. The largest absolute Gasteiger partial charge is 0.467 e. The van der Waals surface area contributed by atoms with E-state index in [1.165, 1.54) is 0 Å². The molecule has 0 radical (unpaired) electrons. The SMILES string of the molecule is CCOC(=O)c1ccc(N2CCN(CC(=O)NCc3ccco3)CC2)nc1. The molecule has 8 nitrogen and oxygen atoms in total. The first-order valence-corrected chi connectivity index (χ1v) is 9.05. The fourth-order valence-corrected chi connectivity index (χ4v) is 2.90. The number of anilines is 1. The lowest BCUT2D eigenvalue weighted by Gasteiger charge is -2.35. The third kappa shape index (κ3) is 5.30. The molecule has 0 aromatic carbocycles. The Hall–Kier alpha value is -2.87. The Balaban J connectivity index is 1.43. The number of nitrogens with zero attached hydrogens (tertiary/aromatic N) is 3. The number of hydrogen-bond acceptors (Lipinski definition) is 7. The maximum absolute atomic E-state index is 12.0. The Morgan fingerprint density at radius 3 is 2.67 bits per heavy atom. The minimum absolute atomic E-state index is 0.0169. The van der Waals surface area contributed by atoms with Crippen LogP contribution in [0.25, 0.3) is 0 Å². The second-order valence-electron chi connectivity index (χ2n) is 6.24. The number of carbonyl (C=O) groups excluding carboxylic acids is 2. The molecule has 1 aliphatic rings. The van der Waals surface area contributed by atoms with Crippen LogP contribution in [-0.4, -0.2) is 61.1 Å². The van der Waals surface area contributed by atoms with Gasteiger partial charge in [-0.05, 0) is 31.2 Å². The zero-order valence-corrected chi connectivity index (χ0v) is 15.4. The number of amides is 1. The Morgan fingerprint density at radius 2 is 2.04 bits per heavy atom. The average molecular weight is 372 g/mol. The first kappa shape index (κ1) is 18.9. The summed E-state index contributed by atoms with van der Waals surface area (Å²) in [6.07, 6.45) is 3.13. The van der Waals surface area contributed by atoms with Gasteiger partial charge in [0.05, 0.1) is 31.5 Å². The van der Waals surface area contributed by atoms with Crippen molar-refractivity contribution < 1.29 is 18.7 Å². The highest BCUT2D eigenvalue weighted by molar-refractivity contribution is 5.89. The minimum atomic E-state index is -0.359. The van der Waals surface area contributed by atoms with Crippen molar-refractivity contribution in [2.75, 3.05) is 44.2 Å². The van der Waals surface area contributed by atoms with E-state index in [4.69, 9.17) is 9.15 Å². The van der Waals surface area contributed by atoms with Crippen molar-refractivity contribution in [2.24, 2.45) is 0 Å². The van der Waals surface area contributed by atoms with Gasteiger partial charge < -0.3 is 19.4 Å². The van der Waals surface area contributed by atoms with Crippen LogP contribution < -0.4 is 10.2 Å². The van der Waals surface area contributed by atoms with Crippen LogP contribution in [0.15, 0.2) is 41.1 Å². The van der Waals surface area contributed by atoms with Gasteiger partial charge in [0.15, 0.2) is 0 Å². The lowest BCUT2D eigenvalue weighted by Crippen LogP contribution is -2.49. The molecule has 1 fully saturated rings. The Bertz CT molecular complexity index is 738. The highest BCUT2D eigenvalue weighted by Gasteiger charge is 2.20. The van der Waals surface area contributed by atoms with Crippen LogP contribution >= 0.6 is 0 Å². The average Bonchev–Trinajstić information content (AvgIpc) is 3.21. The molecule has 1 saturated heterocycles. The minimum Gasteiger partial charge on any atom is -0.467 e. The number of rotatable bonds is 7. The van der Waals surface area contributed by atoms with Gasteiger partial charge in [-0.15, -0.1) is 0 Å². The van der Waals surface area contributed by atoms with Crippen molar-refractivity contribution in [2.45, 2.75) is 13.5 Å². The van der Waals surface area contributed by atoms with Gasteiger partial charge in [-0.25, -0.2) is 9.78 Å². The molecule has 0 saturated carbocycles. The Kier molecular flexibility index (Phi) is 6.43. The summed E-state index contributed by atoms with van der Waals surface area (Å²) in [5.41, 5.74) is 0.451. The number of hydrogen-bond donors (Lipinski definition) is 1. The number of pyridine rings is 1. The van der Waals surface area contributed by atoms with E-state index in [-0.39, 0.29) is 11.9 Å². The molecule has 1 N–H and O–H groups in total. The maximum Gasteiger partial charge on any atom is 0.339 e. The highest BCUT2D eigenvalue weighted by atomic mass is 16.5. The van der Waals surface area contributed by atoms with E-state index in [9.17, 15) is 9.59 Å². The fourth-order valence-electron chi connectivity index (χ4n) is 2.90. The highest BCUT2D eigenvalue weighted by Crippen LogP contribution is 2.14. The number of esters is 1.